The minimum absolute atomic E-state index is 0.0179. The fourth-order valence-corrected chi connectivity index (χ4v) is 4.41. The van der Waals surface area contributed by atoms with Gasteiger partial charge in [-0.2, -0.15) is 0 Å². The largest absolute Gasteiger partial charge is 0.304 e. The zero-order valence-electron chi connectivity index (χ0n) is 9.93. The molecule has 0 unspecified atom stereocenters. The van der Waals surface area contributed by atoms with Crippen molar-refractivity contribution in [3.05, 3.63) is 21.9 Å². The number of hydrogen-bond donors (Lipinski definition) is 1. The molecule has 4 heteroatoms. The second-order valence-corrected chi connectivity index (χ2v) is 6.38. The van der Waals surface area contributed by atoms with Crippen molar-refractivity contribution >= 4 is 11.3 Å². The fourth-order valence-electron chi connectivity index (χ4n) is 3.25. The summed E-state index contributed by atoms with van der Waals surface area (Å²) in [7, 11) is 0. The van der Waals surface area contributed by atoms with Gasteiger partial charge in [-0.3, -0.25) is 0 Å². The number of thiophene rings is 1. The van der Waals surface area contributed by atoms with E-state index in [1.165, 1.54) is 10.4 Å². The van der Waals surface area contributed by atoms with Crippen LogP contribution in [0, 0.1) is 0 Å². The summed E-state index contributed by atoms with van der Waals surface area (Å²) in [5.41, 5.74) is 1.20. The van der Waals surface area contributed by atoms with Crippen LogP contribution in [-0.2, 0) is 12.0 Å². The zero-order chi connectivity index (χ0) is 12.1. The maximum atomic E-state index is 13.3. The van der Waals surface area contributed by atoms with Crippen LogP contribution in [0.1, 0.15) is 43.0 Å². The highest BCUT2D eigenvalue weighted by molar-refractivity contribution is 7.10. The molecular formula is C13H17F2NS. The van der Waals surface area contributed by atoms with E-state index in [9.17, 15) is 8.78 Å². The second kappa shape index (κ2) is 3.75. The van der Waals surface area contributed by atoms with E-state index in [-0.39, 0.29) is 18.4 Å². The van der Waals surface area contributed by atoms with Gasteiger partial charge in [0.25, 0.3) is 0 Å². The molecular weight excluding hydrogens is 240 g/mol. The highest BCUT2D eigenvalue weighted by Gasteiger charge is 2.47. The average Bonchev–Trinajstić information content (AvgIpc) is 2.71. The van der Waals surface area contributed by atoms with Gasteiger partial charge < -0.3 is 5.32 Å². The van der Waals surface area contributed by atoms with Gasteiger partial charge in [0.05, 0.1) is 5.54 Å². The van der Waals surface area contributed by atoms with Gasteiger partial charge >= 0.3 is 0 Å². The van der Waals surface area contributed by atoms with Crippen molar-refractivity contribution in [1.82, 2.24) is 5.32 Å². The molecule has 17 heavy (non-hydrogen) atoms. The standard InChI is InChI=1S/C13H17F2NS/c1-9-8-10-2-7-17-11(10)12(16-9)3-5-13(14,15)6-4-12/h2,7,9,16H,3-6,8H2,1H3/t9-/m1/s1. The summed E-state index contributed by atoms with van der Waals surface area (Å²) in [4.78, 5) is 1.31. The first-order valence-corrected chi connectivity index (χ1v) is 7.11. The Morgan fingerprint density at radius 3 is 2.71 bits per heavy atom. The lowest BCUT2D eigenvalue weighted by Crippen LogP contribution is -2.54. The van der Waals surface area contributed by atoms with E-state index in [0.29, 0.717) is 18.9 Å². The fraction of sp³-hybridized carbons (Fsp3) is 0.692. The summed E-state index contributed by atoms with van der Waals surface area (Å²) < 4.78 is 26.6. The van der Waals surface area contributed by atoms with Gasteiger partial charge in [0.2, 0.25) is 5.92 Å². The number of rotatable bonds is 0. The number of hydrogen-bond acceptors (Lipinski definition) is 2. The monoisotopic (exact) mass is 257 g/mol. The predicted octanol–water partition coefficient (Wildman–Crippen LogP) is 3.69. The van der Waals surface area contributed by atoms with E-state index in [0.717, 1.165) is 6.42 Å². The topological polar surface area (TPSA) is 12.0 Å². The van der Waals surface area contributed by atoms with Gasteiger partial charge in [0, 0.05) is 23.8 Å². The Kier molecular flexibility index (Phi) is 2.56. The summed E-state index contributed by atoms with van der Waals surface area (Å²) in [6.07, 6.45) is 2.20. The lowest BCUT2D eigenvalue weighted by atomic mass is 9.74. The number of nitrogens with one attached hydrogen (secondary N) is 1. The van der Waals surface area contributed by atoms with Crippen LogP contribution in [0.3, 0.4) is 0 Å². The molecule has 1 saturated carbocycles. The number of fused-ring (bicyclic) bond motifs is 2. The van der Waals surface area contributed by atoms with Gasteiger partial charge in [0.15, 0.2) is 0 Å². The molecule has 3 rings (SSSR count). The van der Waals surface area contributed by atoms with E-state index in [2.05, 4.69) is 23.7 Å². The van der Waals surface area contributed by atoms with E-state index in [1.807, 2.05) is 0 Å². The SMILES string of the molecule is C[C@@H]1Cc2ccsc2C2(CCC(F)(F)CC2)N1. The minimum Gasteiger partial charge on any atom is -0.304 e. The maximum absolute atomic E-state index is 13.3. The third kappa shape index (κ3) is 1.91. The van der Waals surface area contributed by atoms with E-state index in [4.69, 9.17) is 0 Å². The molecule has 1 aliphatic carbocycles. The third-order valence-electron chi connectivity index (χ3n) is 4.07. The van der Waals surface area contributed by atoms with E-state index >= 15 is 0 Å². The Hall–Kier alpha value is -0.480. The molecule has 0 saturated heterocycles. The average molecular weight is 257 g/mol. The molecule has 0 radical (unpaired) electrons. The summed E-state index contributed by atoms with van der Waals surface area (Å²) in [5.74, 6) is -2.45. The first-order valence-electron chi connectivity index (χ1n) is 6.23. The summed E-state index contributed by atoms with van der Waals surface area (Å²) in [6.45, 7) is 2.15. The van der Waals surface area contributed by atoms with Crippen molar-refractivity contribution in [2.45, 2.75) is 56.5 Å². The van der Waals surface area contributed by atoms with Crippen LogP contribution in [0.15, 0.2) is 11.4 Å². The Morgan fingerprint density at radius 2 is 2.00 bits per heavy atom. The second-order valence-electron chi connectivity index (χ2n) is 5.46. The van der Waals surface area contributed by atoms with Crippen molar-refractivity contribution < 1.29 is 8.78 Å². The van der Waals surface area contributed by atoms with Crippen LogP contribution >= 0.6 is 11.3 Å². The van der Waals surface area contributed by atoms with Crippen LogP contribution in [-0.4, -0.2) is 12.0 Å². The smallest absolute Gasteiger partial charge is 0.248 e. The molecule has 0 amide bonds. The van der Waals surface area contributed by atoms with E-state index < -0.39 is 5.92 Å². The van der Waals surface area contributed by atoms with Gasteiger partial charge in [-0.15, -0.1) is 11.3 Å². The lowest BCUT2D eigenvalue weighted by molar-refractivity contribution is -0.0591. The van der Waals surface area contributed by atoms with Crippen LogP contribution in [0.4, 0.5) is 8.78 Å². The maximum Gasteiger partial charge on any atom is 0.248 e. The Morgan fingerprint density at radius 1 is 1.29 bits per heavy atom. The van der Waals surface area contributed by atoms with Gasteiger partial charge in [-0.1, -0.05) is 0 Å². The Bertz CT molecular complexity index is 417. The van der Waals surface area contributed by atoms with Crippen molar-refractivity contribution in [2.24, 2.45) is 0 Å². The summed E-state index contributed by atoms with van der Waals surface area (Å²) in [5, 5.41) is 5.68. The lowest BCUT2D eigenvalue weighted by Gasteiger charge is -2.45. The molecule has 94 valence electrons. The molecule has 1 aliphatic heterocycles. The highest BCUT2D eigenvalue weighted by atomic mass is 32.1. The molecule has 1 atom stereocenters. The van der Waals surface area contributed by atoms with Crippen LogP contribution in [0.25, 0.3) is 0 Å². The Labute approximate surface area is 104 Å². The quantitative estimate of drug-likeness (QED) is 0.747. The molecule has 2 heterocycles. The van der Waals surface area contributed by atoms with Crippen molar-refractivity contribution in [2.75, 3.05) is 0 Å². The molecule has 2 aliphatic rings. The summed E-state index contributed by atoms with van der Waals surface area (Å²) in [6, 6.07) is 2.55. The van der Waals surface area contributed by atoms with Crippen LogP contribution in [0.2, 0.25) is 0 Å². The molecule has 1 N–H and O–H groups in total. The molecule has 0 aromatic carbocycles. The van der Waals surface area contributed by atoms with Crippen molar-refractivity contribution in [3.63, 3.8) is 0 Å². The number of alkyl halides is 2. The molecule has 1 aromatic heterocycles. The third-order valence-corrected chi connectivity index (χ3v) is 5.23. The Balaban J connectivity index is 1.94. The summed E-state index contributed by atoms with van der Waals surface area (Å²) >= 11 is 1.73. The minimum atomic E-state index is -2.45. The van der Waals surface area contributed by atoms with Crippen LogP contribution in [0.5, 0.6) is 0 Å². The molecule has 1 spiro atoms. The predicted molar refractivity (Wildman–Crippen MR) is 65.7 cm³/mol. The van der Waals surface area contributed by atoms with Gasteiger partial charge in [-0.25, -0.2) is 8.78 Å². The van der Waals surface area contributed by atoms with Crippen molar-refractivity contribution in [3.8, 4) is 0 Å². The van der Waals surface area contributed by atoms with Crippen LogP contribution < -0.4 is 5.32 Å². The first kappa shape index (κ1) is 11.6. The zero-order valence-corrected chi connectivity index (χ0v) is 10.7. The number of halogens is 2. The molecule has 1 aromatic rings. The molecule has 0 bridgehead atoms. The molecule has 1 fully saturated rings. The normalized spacial score (nSPS) is 30.2. The van der Waals surface area contributed by atoms with Gasteiger partial charge in [-0.05, 0) is 43.2 Å². The first-order chi connectivity index (χ1) is 8.01. The van der Waals surface area contributed by atoms with E-state index in [1.54, 1.807) is 11.3 Å². The van der Waals surface area contributed by atoms with Gasteiger partial charge in [0.1, 0.15) is 0 Å². The molecule has 1 nitrogen and oxygen atoms in total. The van der Waals surface area contributed by atoms with Crippen molar-refractivity contribution in [1.29, 1.82) is 0 Å². The highest BCUT2D eigenvalue weighted by Crippen LogP contribution is 2.48.